The van der Waals surface area contributed by atoms with Crippen molar-refractivity contribution in [3.63, 3.8) is 0 Å². The smallest absolute Gasteiger partial charge is 0.335 e. The van der Waals surface area contributed by atoms with Crippen LogP contribution >= 0.6 is 0 Å². The van der Waals surface area contributed by atoms with Gasteiger partial charge >= 0.3 is 5.97 Å². The molecule has 0 aromatic heterocycles. The van der Waals surface area contributed by atoms with Crippen molar-refractivity contribution in [3.05, 3.63) is 95.1 Å². The van der Waals surface area contributed by atoms with E-state index in [1.165, 1.54) is 0 Å². The van der Waals surface area contributed by atoms with E-state index in [1.54, 1.807) is 19.2 Å². The fraction of sp³-hybridized carbons (Fsp3) is 0.222. The molecule has 3 aromatic carbocycles. The number of nitrogens with zero attached hydrogens (tertiary/aromatic N) is 1. The Morgan fingerprint density at radius 3 is 2.28 bits per heavy atom. The number of anilines is 1. The summed E-state index contributed by atoms with van der Waals surface area (Å²) in [7, 11) is 5.58. The molecule has 3 aromatic rings. The van der Waals surface area contributed by atoms with Crippen molar-refractivity contribution < 1.29 is 19.4 Å². The van der Waals surface area contributed by atoms with Crippen LogP contribution in [0.4, 0.5) is 5.69 Å². The van der Waals surface area contributed by atoms with Crippen LogP contribution in [-0.4, -0.2) is 32.3 Å². The van der Waals surface area contributed by atoms with E-state index in [9.17, 15) is 9.90 Å². The van der Waals surface area contributed by atoms with Gasteiger partial charge in [-0.05, 0) is 72.0 Å². The number of aromatic carboxylic acids is 1. The minimum absolute atomic E-state index is 0.319. The molecule has 0 saturated heterocycles. The van der Waals surface area contributed by atoms with Crippen molar-refractivity contribution in [1.82, 2.24) is 0 Å². The van der Waals surface area contributed by atoms with Crippen molar-refractivity contribution in [2.45, 2.75) is 19.4 Å². The molecule has 3 rings (SSSR count). The minimum atomic E-state index is -0.901. The standard InChI is InChI=1S/C27H29NO4/c1-28(2)26-17-12-23(27(29)30)18-22(26)7-5-4-6-20-8-15-25(16-9-20)32-19-21-10-13-24(31-3)14-11-21/h4,6,8-18H,5,7,19H2,1-3H3,(H,29,30). The summed E-state index contributed by atoms with van der Waals surface area (Å²) in [6.07, 6.45) is 5.78. The first-order chi connectivity index (χ1) is 15.5. The van der Waals surface area contributed by atoms with Crippen LogP contribution < -0.4 is 14.4 Å². The number of carboxylic acids is 1. The first-order valence-electron chi connectivity index (χ1n) is 10.5. The molecule has 0 atom stereocenters. The fourth-order valence-electron chi connectivity index (χ4n) is 3.38. The zero-order valence-corrected chi connectivity index (χ0v) is 18.7. The van der Waals surface area contributed by atoms with Crippen LogP contribution in [0.2, 0.25) is 0 Å². The lowest BCUT2D eigenvalue weighted by atomic mass is 10.0. The summed E-state index contributed by atoms with van der Waals surface area (Å²) in [6, 6.07) is 21.1. The Balaban J connectivity index is 1.54. The zero-order chi connectivity index (χ0) is 22.9. The van der Waals surface area contributed by atoms with E-state index in [0.717, 1.165) is 46.7 Å². The van der Waals surface area contributed by atoms with E-state index < -0.39 is 5.97 Å². The van der Waals surface area contributed by atoms with Gasteiger partial charge in [-0.2, -0.15) is 0 Å². The highest BCUT2D eigenvalue weighted by Crippen LogP contribution is 2.23. The molecular weight excluding hydrogens is 402 g/mol. The zero-order valence-electron chi connectivity index (χ0n) is 18.7. The van der Waals surface area contributed by atoms with Crippen molar-refractivity contribution in [3.8, 4) is 11.5 Å². The Kier molecular flexibility index (Phi) is 7.92. The summed E-state index contributed by atoms with van der Waals surface area (Å²) in [5.41, 5.74) is 4.57. The Labute approximate surface area is 189 Å². The highest BCUT2D eigenvalue weighted by Gasteiger charge is 2.09. The third-order valence-corrected chi connectivity index (χ3v) is 5.14. The Morgan fingerprint density at radius 1 is 0.969 bits per heavy atom. The minimum Gasteiger partial charge on any atom is -0.497 e. The van der Waals surface area contributed by atoms with Gasteiger partial charge in [0, 0.05) is 19.8 Å². The van der Waals surface area contributed by atoms with E-state index in [0.29, 0.717) is 12.2 Å². The number of carbonyl (C=O) groups is 1. The molecule has 32 heavy (non-hydrogen) atoms. The average molecular weight is 432 g/mol. The van der Waals surface area contributed by atoms with Gasteiger partial charge < -0.3 is 19.5 Å². The summed E-state index contributed by atoms with van der Waals surface area (Å²) in [6.45, 7) is 0.503. The first-order valence-corrected chi connectivity index (χ1v) is 10.5. The first kappa shape index (κ1) is 22.9. The van der Waals surface area contributed by atoms with Gasteiger partial charge in [-0.3, -0.25) is 0 Å². The molecule has 0 aliphatic rings. The lowest BCUT2D eigenvalue weighted by molar-refractivity contribution is 0.0696. The third-order valence-electron chi connectivity index (χ3n) is 5.14. The van der Waals surface area contributed by atoms with Crippen molar-refractivity contribution >= 4 is 17.7 Å². The highest BCUT2D eigenvalue weighted by atomic mass is 16.5. The Morgan fingerprint density at radius 2 is 1.66 bits per heavy atom. The largest absolute Gasteiger partial charge is 0.497 e. The number of ether oxygens (including phenoxy) is 2. The van der Waals surface area contributed by atoms with E-state index in [-0.39, 0.29) is 0 Å². The molecule has 0 aliphatic carbocycles. The predicted molar refractivity (Wildman–Crippen MR) is 129 cm³/mol. The summed E-state index contributed by atoms with van der Waals surface area (Å²) in [5.74, 6) is 0.748. The van der Waals surface area contributed by atoms with Crippen LogP contribution in [0.25, 0.3) is 6.08 Å². The highest BCUT2D eigenvalue weighted by molar-refractivity contribution is 5.88. The monoisotopic (exact) mass is 431 g/mol. The third kappa shape index (κ3) is 6.38. The molecule has 0 amide bonds. The molecule has 0 spiro atoms. The normalized spacial score (nSPS) is 10.8. The van der Waals surface area contributed by atoms with Gasteiger partial charge in [0.15, 0.2) is 0 Å². The number of rotatable bonds is 10. The molecule has 0 radical (unpaired) electrons. The van der Waals surface area contributed by atoms with Gasteiger partial charge in [0.1, 0.15) is 18.1 Å². The molecule has 0 aliphatic heterocycles. The van der Waals surface area contributed by atoms with Crippen molar-refractivity contribution in [2.75, 3.05) is 26.1 Å². The van der Waals surface area contributed by atoms with Gasteiger partial charge in [0.25, 0.3) is 0 Å². The van der Waals surface area contributed by atoms with E-state index >= 15 is 0 Å². The number of hydrogen-bond donors (Lipinski definition) is 1. The van der Waals surface area contributed by atoms with Crippen LogP contribution in [0.1, 0.15) is 33.5 Å². The van der Waals surface area contributed by atoms with E-state index in [4.69, 9.17) is 9.47 Å². The van der Waals surface area contributed by atoms with Crippen LogP contribution in [0.5, 0.6) is 11.5 Å². The number of methoxy groups -OCH3 is 1. The van der Waals surface area contributed by atoms with Crippen LogP contribution in [0.15, 0.2) is 72.8 Å². The quantitative estimate of drug-likeness (QED) is 0.447. The second kappa shape index (κ2) is 11.0. The molecule has 5 heteroatoms. The number of aryl methyl sites for hydroxylation is 1. The molecular formula is C27H29NO4. The van der Waals surface area contributed by atoms with Gasteiger partial charge in [-0.25, -0.2) is 4.79 Å². The van der Waals surface area contributed by atoms with E-state index in [1.807, 2.05) is 73.6 Å². The maximum Gasteiger partial charge on any atom is 0.335 e. The molecule has 166 valence electrons. The Bertz CT molecular complexity index is 1050. The molecule has 0 unspecified atom stereocenters. The molecule has 0 heterocycles. The summed E-state index contributed by atoms with van der Waals surface area (Å²) in [4.78, 5) is 13.3. The van der Waals surface area contributed by atoms with Crippen molar-refractivity contribution in [2.24, 2.45) is 0 Å². The van der Waals surface area contributed by atoms with Crippen LogP contribution in [0.3, 0.4) is 0 Å². The van der Waals surface area contributed by atoms with Crippen LogP contribution in [0, 0.1) is 0 Å². The molecule has 1 N–H and O–H groups in total. The number of allylic oxidation sites excluding steroid dienone is 1. The topological polar surface area (TPSA) is 59.0 Å². The Hall–Kier alpha value is -3.73. The second-order valence-electron chi connectivity index (χ2n) is 7.69. The molecule has 0 saturated carbocycles. The average Bonchev–Trinajstić information content (AvgIpc) is 2.81. The molecule has 0 fully saturated rings. The number of benzene rings is 3. The lowest BCUT2D eigenvalue weighted by Gasteiger charge is -2.17. The van der Waals surface area contributed by atoms with Gasteiger partial charge in [0.05, 0.1) is 12.7 Å². The van der Waals surface area contributed by atoms with E-state index in [2.05, 4.69) is 12.2 Å². The predicted octanol–water partition coefficient (Wildman–Crippen LogP) is 5.68. The van der Waals surface area contributed by atoms with Gasteiger partial charge in [-0.15, -0.1) is 0 Å². The number of carboxylic acid groups (broad SMARTS) is 1. The van der Waals surface area contributed by atoms with Crippen molar-refractivity contribution in [1.29, 1.82) is 0 Å². The second-order valence-corrected chi connectivity index (χ2v) is 7.69. The summed E-state index contributed by atoms with van der Waals surface area (Å²) in [5, 5.41) is 9.26. The fourth-order valence-corrected chi connectivity index (χ4v) is 3.38. The maximum atomic E-state index is 11.3. The summed E-state index contributed by atoms with van der Waals surface area (Å²) >= 11 is 0. The number of hydrogen-bond acceptors (Lipinski definition) is 4. The maximum absolute atomic E-state index is 11.3. The SMILES string of the molecule is COc1ccc(COc2ccc(C=CCCc3cc(C(=O)O)ccc3N(C)C)cc2)cc1. The molecule has 5 nitrogen and oxygen atoms in total. The van der Waals surface area contributed by atoms with Gasteiger partial charge in [-0.1, -0.05) is 36.4 Å². The lowest BCUT2D eigenvalue weighted by Crippen LogP contribution is -2.12. The van der Waals surface area contributed by atoms with Crippen LogP contribution in [-0.2, 0) is 13.0 Å². The summed E-state index contributed by atoms with van der Waals surface area (Å²) < 4.78 is 11.0. The van der Waals surface area contributed by atoms with Gasteiger partial charge in [0.2, 0.25) is 0 Å². The molecule has 0 bridgehead atoms.